The summed E-state index contributed by atoms with van der Waals surface area (Å²) < 4.78 is 106. The number of benzene rings is 3. The largest absolute Gasteiger partial charge is 0.416 e. The molecule has 1 saturated heterocycles. The molecule has 0 aliphatic carbocycles. The number of aldehydes is 1. The van der Waals surface area contributed by atoms with Gasteiger partial charge in [-0.05, 0) is 54.4 Å². The lowest BCUT2D eigenvalue weighted by atomic mass is 10.0. The van der Waals surface area contributed by atoms with E-state index < -0.39 is 53.6 Å². The third-order valence-corrected chi connectivity index (χ3v) is 6.96. The van der Waals surface area contributed by atoms with Crippen molar-refractivity contribution in [3.05, 3.63) is 106 Å². The van der Waals surface area contributed by atoms with Crippen LogP contribution in [0.4, 0.5) is 30.7 Å². The zero-order valence-corrected chi connectivity index (χ0v) is 22.7. The number of ether oxygens (including phenoxy) is 2. The quantitative estimate of drug-likeness (QED) is 0.219. The van der Waals surface area contributed by atoms with Crippen molar-refractivity contribution < 1.29 is 49.8 Å². The molecule has 1 aliphatic heterocycles. The van der Waals surface area contributed by atoms with Gasteiger partial charge in [-0.2, -0.15) is 26.3 Å². The lowest BCUT2D eigenvalue weighted by Crippen LogP contribution is -2.49. The Balaban J connectivity index is 1.56. The number of morpholine rings is 1. The highest BCUT2D eigenvalue weighted by Gasteiger charge is 2.39. The average molecular weight is 613 g/mol. The molecule has 1 aliphatic rings. The lowest BCUT2D eigenvalue weighted by Gasteiger charge is -2.42. The van der Waals surface area contributed by atoms with Crippen molar-refractivity contribution in [1.82, 2.24) is 10.2 Å². The van der Waals surface area contributed by atoms with Crippen LogP contribution in [0.3, 0.4) is 0 Å². The number of nitrogens with one attached hydrogen (secondary N) is 1. The Kier molecular flexibility index (Phi) is 9.88. The number of hydrogen-bond donors (Lipinski definition) is 1. The van der Waals surface area contributed by atoms with Gasteiger partial charge in [0.05, 0.1) is 29.9 Å². The van der Waals surface area contributed by atoms with E-state index in [9.17, 15) is 40.3 Å². The molecule has 0 radical (unpaired) electrons. The molecule has 0 spiro atoms. The van der Waals surface area contributed by atoms with E-state index in [1.54, 1.807) is 12.1 Å². The fraction of sp³-hybridized carbons (Fsp3) is 0.333. The molecule has 1 heterocycles. The Labute approximate surface area is 242 Å². The van der Waals surface area contributed by atoms with Crippen molar-refractivity contribution in [3.8, 4) is 0 Å². The predicted molar refractivity (Wildman–Crippen MR) is 141 cm³/mol. The fourth-order valence-corrected chi connectivity index (χ4v) is 4.79. The van der Waals surface area contributed by atoms with Gasteiger partial charge in [0.25, 0.3) is 5.91 Å². The van der Waals surface area contributed by atoms with Crippen molar-refractivity contribution in [2.45, 2.75) is 37.7 Å². The molecule has 3 aromatic carbocycles. The lowest BCUT2D eigenvalue weighted by molar-refractivity contribution is -0.229. The van der Waals surface area contributed by atoms with E-state index in [1.807, 2.05) is 4.90 Å². The molecule has 3 atom stereocenters. The first-order valence-corrected chi connectivity index (χ1v) is 13.2. The highest BCUT2D eigenvalue weighted by Crippen LogP contribution is 2.39. The molecule has 1 amide bonds. The van der Waals surface area contributed by atoms with Gasteiger partial charge in [0.15, 0.2) is 12.6 Å². The fourth-order valence-electron chi connectivity index (χ4n) is 4.79. The number of amides is 1. The van der Waals surface area contributed by atoms with E-state index >= 15 is 0 Å². The van der Waals surface area contributed by atoms with Gasteiger partial charge in [-0.15, -0.1) is 0 Å². The van der Waals surface area contributed by atoms with E-state index in [1.165, 1.54) is 43.3 Å². The average Bonchev–Trinajstić information content (AvgIpc) is 2.96. The second-order valence-electron chi connectivity index (χ2n) is 9.85. The molecule has 43 heavy (non-hydrogen) atoms. The minimum Gasteiger partial charge on any atom is -0.351 e. The topological polar surface area (TPSA) is 67.9 Å². The van der Waals surface area contributed by atoms with Gasteiger partial charge < -0.3 is 14.8 Å². The smallest absolute Gasteiger partial charge is 0.351 e. The Morgan fingerprint density at radius 3 is 2.26 bits per heavy atom. The summed E-state index contributed by atoms with van der Waals surface area (Å²) in [5.74, 6) is -1.01. The molecular weight excluding hydrogens is 585 g/mol. The maximum atomic E-state index is 13.7. The van der Waals surface area contributed by atoms with E-state index in [-0.39, 0.29) is 42.5 Å². The molecule has 0 unspecified atom stereocenters. The first-order valence-electron chi connectivity index (χ1n) is 13.2. The van der Waals surface area contributed by atoms with E-state index in [0.717, 1.165) is 0 Å². The third-order valence-electron chi connectivity index (χ3n) is 6.96. The Bertz CT molecular complexity index is 1390. The van der Waals surface area contributed by atoms with Crippen LogP contribution in [-0.4, -0.2) is 49.6 Å². The van der Waals surface area contributed by atoms with Gasteiger partial charge in [-0.1, -0.05) is 30.3 Å². The van der Waals surface area contributed by atoms with Crippen LogP contribution in [0.1, 0.15) is 62.0 Å². The van der Waals surface area contributed by atoms with Gasteiger partial charge in [-0.25, -0.2) is 4.39 Å². The number of rotatable bonds is 9. The monoisotopic (exact) mass is 612 g/mol. The zero-order valence-electron chi connectivity index (χ0n) is 22.7. The summed E-state index contributed by atoms with van der Waals surface area (Å²) in [5, 5.41) is 2.73. The molecule has 230 valence electrons. The summed E-state index contributed by atoms with van der Waals surface area (Å²) in [6, 6.07) is 12.0. The minimum atomic E-state index is -5.03. The first-order chi connectivity index (χ1) is 20.3. The highest BCUT2D eigenvalue weighted by molar-refractivity contribution is 6.01. The van der Waals surface area contributed by atoms with E-state index in [0.29, 0.717) is 30.5 Å². The molecule has 4 rings (SSSR count). The van der Waals surface area contributed by atoms with Crippen molar-refractivity contribution in [2.24, 2.45) is 0 Å². The predicted octanol–water partition coefficient (Wildman–Crippen LogP) is 6.58. The molecule has 0 bridgehead atoms. The SMILES string of the molecule is C[C@@H](O[C@H]1OCCN(CCNC(=O)c2ccccc2C=O)[C@H]1c1ccc(F)cc1)c1cc(C(F)(F)F)cc(C(F)(F)F)c1. The van der Waals surface area contributed by atoms with Crippen LogP contribution >= 0.6 is 0 Å². The van der Waals surface area contributed by atoms with Gasteiger partial charge in [0, 0.05) is 30.8 Å². The van der Waals surface area contributed by atoms with Crippen LogP contribution in [-0.2, 0) is 21.8 Å². The van der Waals surface area contributed by atoms with E-state index in [2.05, 4.69) is 5.32 Å². The van der Waals surface area contributed by atoms with Crippen molar-refractivity contribution in [1.29, 1.82) is 0 Å². The Morgan fingerprint density at radius 1 is 1.02 bits per heavy atom. The number of halogens is 7. The number of carbonyl (C=O) groups is 2. The minimum absolute atomic E-state index is 0.0399. The Morgan fingerprint density at radius 2 is 1.65 bits per heavy atom. The summed E-state index contributed by atoms with van der Waals surface area (Å²) in [4.78, 5) is 25.8. The van der Waals surface area contributed by atoms with Crippen LogP contribution < -0.4 is 5.32 Å². The maximum absolute atomic E-state index is 13.7. The molecule has 13 heteroatoms. The molecule has 6 nitrogen and oxygen atoms in total. The van der Waals surface area contributed by atoms with Crippen LogP contribution in [0.5, 0.6) is 0 Å². The van der Waals surface area contributed by atoms with Crippen molar-refractivity contribution in [3.63, 3.8) is 0 Å². The van der Waals surface area contributed by atoms with Crippen LogP contribution in [0, 0.1) is 5.82 Å². The molecular formula is C30H27F7N2O4. The Hall–Kier alpha value is -3.81. The van der Waals surface area contributed by atoms with Crippen LogP contribution in [0.15, 0.2) is 66.7 Å². The molecule has 1 fully saturated rings. The van der Waals surface area contributed by atoms with Crippen LogP contribution in [0.2, 0.25) is 0 Å². The maximum Gasteiger partial charge on any atom is 0.416 e. The summed E-state index contributed by atoms with van der Waals surface area (Å²) in [6.07, 6.45) is -11.9. The summed E-state index contributed by atoms with van der Waals surface area (Å²) >= 11 is 0. The van der Waals surface area contributed by atoms with Gasteiger partial charge >= 0.3 is 12.4 Å². The summed E-state index contributed by atoms with van der Waals surface area (Å²) in [6.45, 7) is 2.04. The van der Waals surface area contributed by atoms with Gasteiger partial charge in [0.1, 0.15) is 5.82 Å². The third kappa shape index (κ3) is 7.98. The molecule has 3 aromatic rings. The number of alkyl halides is 6. The normalized spacial score (nSPS) is 18.7. The van der Waals surface area contributed by atoms with Crippen molar-refractivity contribution in [2.75, 3.05) is 26.2 Å². The summed E-state index contributed by atoms with van der Waals surface area (Å²) in [5.41, 5.74) is -2.40. The van der Waals surface area contributed by atoms with Gasteiger partial charge in [0.2, 0.25) is 0 Å². The standard InChI is InChI=1S/C30H27F7N2O4/c1-18(21-14-22(29(32,33)34)16-23(15-21)30(35,36)37)43-28-26(19-6-8-24(31)9-7-19)39(12-13-42-28)11-10-38-27(41)25-5-3-2-4-20(25)17-40/h2-9,14-18,26,28H,10-13H2,1H3,(H,38,41)/t18-,26+,28-/m1/s1. The van der Waals surface area contributed by atoms with Gasteiger partial charge in [-0.3, -0.25) is 14.5 Å². The number of nitrogens with zero attached hydrogens (tertiary/aromatic N) is 1. The van der Waals surface area contributed by atoms with E-state index in [4.69, 9.17) is 9.47 Å². The zero-order chi connectivity index (χ0) is 31.4. The van der Waals surface area contributed by atoms with Crippen LogP contribution in [0.25, 0.3) is 0 Å². The van der Waals surface area contributed by atoms with Crippen molar-refractivity contribution >= 4 is 12.2 Å². The highest BCUT2D eigenvalue weighted by atomic mass is 19.4. The second-order valence-corrected chi connectivity index (χ2v) is 9.85. The molecule has 1 N–H and O–H groups in total. The molecule has 0 saturated carbocycles. The first kappa shape index (κ1) is 32.1. The summed E-state index contributed by atoms with van der Waals surface area (Å²) in [7, 11) is 0. The number of carbonyl (C=O) groups excluding carboxylic acids is 2. The number of hydrogen-bond acceptors (Lipinski definition) is 5. The second kappa shape index (κ2) is 13.2. The molecule has 0 aromatic heterocycles.